The summed E-state index contributed by atoms with van der Waals surface area (Å²) in [4.78, 5) is 0.252. The van der Waals surface area contributed by atoms with Crippen LogP contribution in [0, 0.1) is 6.92 Å². The second kappa shape index (κ2) is 4.50. The van der Waals surface area contributed by atoms with Gasteiger partial charge in [-0.2, -0.15) is 5.10 Å². The number of aromatic nitrogens is 2. The van der Waals surface area contributed by atoms with Crippen LogP contribution in [0.15, 0.2) is 40.0 Å². The molecule has 0 fully saturated rings. The van der Waals surface area contributed by atoms with E-state index in [1.165, 1.54) is 12.4 Å². The van der Waals surface area contributed by atoms with E-state index in [0.717, 1.165) is 4.47 Å². The second-order valence-electron chi connectivity index (χ2n) is 3.50. The molecule has 0 atom stereocenters. The molecule has 0 aliphatic heterocycles. The molecule has 0 bridgehead atoms. The van der Waals surface area contributed by atoms with Gasteiger partial charge in [-0.15, -0.1) is 0 Å². The van der Waals surface area contributed by atoms with E-state index in [4.69, 9.17) is 0 Å². The molecule has 5 nitrogen and oxygen atoms in total. The molecule has 1 heterocycles. The number of nitrogens with zero attached hydrogens (tertiary/aromatic N) is 1. The summed E-state index contributed by atoms with van der Waals surface area (Å²) >= 11 is 3.29. The minimum Gasteiger partial charge on any atom is -0.284 e. The molecule has 0 aliphatic carbocycles. The van der Waals surface area contributed by atoms with Crippen LogP contribution in [0.1, 0.15) is 5.56 Å². The SMILES string of the molecule is Cc1cc(Br)ccc1S(=O)(=O)Nc1cn[nH]c1. The van der Waals surface area contributed by atoms with Gasteiger partial charge in [0.15, 0.2) is 0 Å². The van der Waals surface area contributed by atoms with Gasteiger partial charge < -0.3 is 0 Å². The van der Waals surface area contributed by atoms with E-state index < -0.39 is 10.0 Å². The Morgan fingerprint density at radius 1 is 1.41 bits per heavy atom. The quantitative estimate of drug-likeness (QED) is 0.912. The van der Waals surface area contributed by atoms with Crippen molar-refractivity contribution in [3.8, 4) is 0 Å². The van der Waals surface area contributed by atoms with Crippen molar-refractivity contribution in [3.05, 3.63) is 40.6 Å². The molecule has 0 radical (unpaired) electrons. The first-order chi connectivity index (χ1) is 7.99. The maximum atomic E-state index is 12.1. The number of anilines is 1. The van der Waals surface area contributed by atoms with E-state index in [-0.39, 0.29) is 4.90 Å². The topological polar surface area (TPSA) is 74.8 Å². The number of nitrogens with one attached hydrogen (secondary N) is 2. The van der Waals surface area contributed by atoms with Gasteiger partial charge in [0.2, 0.25) is 0 Å². The van der Waals surface area contributed by atoms with E-state index >= 15 is 0 Å². The van der Waals surface area contributed by atoms with Gasteiger partial charge in [-0.3, -0.25) is 9.82 Å². The van der Waals surface area contributed by atoms with Crippen LogP contribution < -0.4 is 4.72 Å². The maximum Gasteiger partial charge on any atom is 0.262 e. The summed E-state index contributed by atoms with van der Waals surface area (Å²) in [6, 6.07) is 5.00. The largest absolute Gasteiger partial charge is 0.284 e. The number of hydrogen-bond donors (Lipinski definition) is 2. The van der Waals surface area contributed by atoms with Gasteiger partial charge in [0, 0.05) is 10.7 Å². The lowest BCUT2D eigenvalue weighted by molar-refractivity contribution is 0.600. The normalized spacial score (nSPS) is 11.4. The highest BCUT2D eigenvalue weighted by molar-refractivity contribution is 9.10. The summed E-state index contributed by atoms with van der Waals surface area (Å²) in [5, 5.41) is 6.22. The summed E-state index contributed by atoms with van der Waals surface area (Å²) in [6.45, 7) is 1.74. The van der Waals surface area contributed by atoms with Crippen LogP contribution in [0.4, 0.5) is 5.69 Å². The Labute approximate surface area is 107 Å². The van der Waals surface area contributed by atoms with Gasteiger partial charge in [-0.1, -0.05) is 15.9 Å². The zero-order valence-electron chi connectivity index (χ0n) is 8.94. The van der Waals surface area contributed by atoms with E-state index in [2.05, 4.69) is 30.8 Å². The molecule has 2 rings (SSSR count). The monoisotopic (exact) mass is 315 g/mol. The van der Waals surface area contributed by atoms with Gasteiger partial charge in [0.25, 0.3) is 10.0 Å². The fourth-order valence-electron chi connectivity index (χ4n) is 1.43. The van der Waals surface area contributed by atoms with Crippen molar-refractivity contribution in [1.29, 1.82) is 0 Å². The van der Waals surface area contributed by atoms with E-state index in [1.54, 1.807) is 25.1 Å². The summed E-state index contributed by atoms with van der Waals surface area (Å²) in [6.07, 6.45) is 2.89. The lowest BCUT2D eigenvalue weighted by Crippen LogP contribution is -2.13. The summed E-state index contributed by atoms with van der Waals surface area (Å²) in [5.74, 6) is 0. The van der Waals surface area contributed by atoms with Gasteiger partial charge in [0.05, 0.1) is 16.8 Å². The van der Waals surface area contributed by atoms with E-state index in [0.29, 0.717) is 11.3 Å². The lowest BCUT2D eigenvalue weighted by atomic mass is 10.2. The molecular formula is C10H10BrN3O2S. The van der Waals surface area contributed by atoms with Gasteiger partial charge in [0.1, 0.15) is 0 Å². The highest BCUT2D eigenvalue weighted by Gasteiger charge is 2.17. The molecular weight excluding hydrogens is 306 g/mol. The zero-order valence-corrected chi connectivity index (χ0v) is 11.3. The Morgan fingerprint density at radius 2 is 2.18 bits per heavy atom. The van der Waals surface area contributed by atoms with Crippen molar-refractivity contribution in [3.63, 3.8) is 0 Å². The zero-order chi connectivity index (χ0) is 12.5. The average Bonchev–Trinajstić information content (AvgIpc) is 2.68. The third kappa shape index (κ3) is 2.67. The first-order valence-corrected chi connectivity index (χ1v) is 7.04. The van der Waals surface area contributed by atoms with Gasteiger partial charge in [-0.25, -0.2) is 8.42 Å². The number of rotatable bonds is 3. The van der Waals surface area contributed by atoms with Crippen LogP contribution in [0.5, 0.6) is 0 Å². The Bertz CT molecular complexity index is 623. The first kappa shape index (κ1) is 12.1. The number of aromatic amines is 1. The molecule has 7 heteroatoms. The Balaban J connectivity index is 2.38. The summed E-state index contributed by atoms with van der Waals surface area (Å²) in [7, 11) is -3.56. The van der Waals surface area contributed by atoms with Crippen LogP contribution in [0.25, 0.3) is 0 Å². The van der Waals surface area contributed by atoms with Crippen LogP contribution in [0.2, 0.25) is 0 Å². The van der Waals surface area contributed by atoms with Gasteiger partial charge >= 0.3 is 0 Å². The Hall–Kier alpha value is -1.34. The number of benzene rings is 1. The molecule has 17 heavy (non-hydrogen) atoms. The molecule has 1 aromatic carbocycles. The molecule has 2 aromatic rings. The first-order valence-electron chi connectivity index (χ1n) is 4.77. The van der Waals surface area contributed by atoms with Crippen molar-refractivity contribution in [1.82, 2.24) is 10.2 Å². The third-order valence-electron chi connectivity index (χ3n) is 2.18. The highest BCUT2D eigenvalue weighted by atomic mass is 79.9. The van der Waals surface area contributed by atoms with Crippen LogP contribution in [-0.2, 0) is 10.0 Å². The Morgan fingerprint density at radius 3 is 2.76 bits per heavy atom. The Kier molecular flexibility index (Phi) is 3.21. The minimum atomic E-state index is -3.56. The summed E-state index contributed by atoms with van der Waals surface area (Å²) < 4.78 is 27.4. The standard InChI is InChI=1S/C10H10BrN3O2S/c1-7-4-8(11)2-3-10(7)17(15,16)14-9-5-12-13-6-9/h2-6,14H,1H3,(H,12,13). The maximum absolute atomic E-state index is 12.1. The fraction of sp³-hybridized carbons (Fsp3) is 0.100. The minimum absolute atomic E-state index is 0.252. The van der Waals surface area contributed by atoms with Crippen LogP contribution >= 0.6 is 15.9 Å². The van der Waals surface area contributed by atoms with Crippen molar-refractivity contribution in [2.45, 2.75) is 11.8 Å². The van der Waals surface area contributed by atoms with E-state index in [9.17, 15) is 8.42 Å². The lowest BCUT2D eigenvalue weighted by Gasteiger charge is -2.08. The van der Waals surface area contributed by atoms with Crippen LogP contribution in [-0.4, -0.2) is 18.6 Å². The molecule has 0 saturated heterocycles. The number of sulfonamides is 1. The molecule has 2 N–H and O–H groups in total. The number of halogens is 1. The predicted octanol–water partition coefficient (Wildman–Crippen LogP) is 2.28. The number of aryl methyl sites for hydroxylation is 1. The highest BCUT2D eigenvalue weighted by Crippen LogP contribution is 2.22. The second-order valence-corrected chi connectivity index (χ2v) is 6.07. The molecule has 1 aromatic heterocycles. The van der Waals surface area contributed by atoms with Crippen molar-refractivity contribution in [2.75, 3.05) is 4.72 Å². The van der Waals surface area contributed by atoms with Crippen LogP contribution in [0.3, 0.4) is 0 Å². The molecule has 0 aliphatic rings. The van der Waals surface area contributed by atoms with E-state index in [1.807, 2.05) is 0 Å². The van der Waals surface area contributed by atoms with Gasteiger partial charge in [-0.05, 0) is 30.7 Å². The molecule has 0 unspecified atom stereocenters. The van der Waals surface area contributed by atoms with Crippen molar-refractivity contribution >= 4 is 31.6 Å². The molecule has 90 valence electrons. The smallest absolute Gasteiger partial charge is 0.262 e. The predicted molar refractivity (Wildman–Crippen MR) is 68.3 cm³/mol. The number of hydrogen-bond acceptors (Lipinski definition) is 3. The fourth-order valence-corrected chi connectivity index (χ4v) is 3.17. The average molecular weight is 316 g/mol. The third-order valence-corrected chi connectivity index (χ3v) is 4.21. The molecule has 0 spiro atoms. The number of H-pyrrole nitrogens is 1. The van der Waals surface area contributed by atoms with Crippen molar-refractivity contribution in [2.24, 2.45) is 0 Å². The molecule has 0 amide bonds. The molecule has 0 saturated carbocycles. The summed E-state index contributed by atoms with van der Waals surface area (Å²) in [5.41, 5.74) is 1.09. The van der Waals surface area contributed by atoms with Crippen molar-refractivity contribution < 1.29 is 8.42 Å².